The van der Waals surface area contributed by atoms with Crippen LogP contribution in [0.15, 0.2) is 6.20 Å². The van der Waals surface area contributed by atoms with Crippen LogP contribution in [0.3, 0.4) is 0 Å². The second-order valence-corrected chi connectivity index (χ2v) is 8.38. The molecule has 9 heteroatoms. The number of hydrogen-bond donors (Lipinski definition) is 2. The molecule has 2 N–H and O–H groups in total. The van der Waals surface area contributed by atoms with E-state index < -0.39 is 18.0 Å². The van der Waals surface area contributed by atoms with Crippen LogP contribution in [0.25, 0.3) is 0 Å². The lowest BCUT2D eigenvalue weighted by molar-refractivity contribution is -0.140. The van der Waals surface area contributed by atoms with Gasteiger partial charge in [-0.15, -0.1) is 0 Å². The van der Waals surface area contributed by atoms with Gasteiger partial charge in [-0.2, -0.15) is 0 Å². The van der Waals surface area contributed by atoms with Crippen molar-refractivity contribution in [1.82, 2.24) is 15.3 Å². The van der Waals surface area contributed by atoms with E-state index in [4.69, 9.17) is 25.8 Å². The number of alkyl carbamates (subject to hydrolysis) is 1. The zero-order valence-electron chi connectivity index (χ0n) is 18.5. The van der Waals surface area contributed by atoms with Crippen molar-refractivity contribution in [3.05, 3.63) is 17.0 Å². The molecule has 0 aliphatic carbocycles. The third-order valence-electron chi connectivity index (χ3n) is 3.67. The first kappa shape index (κ1) is 25.4. The molecule has 1 atom stereocenters. The highest BCUT2D eigenvalue weighted by Crippen LogP contribution is 2.27. The van der Waals surface area contributed by atoms with Gasteiger partial charge in [0.25, 0.3) is 0 Å². The summed E-state index contributed by atoms with van der Waals surface area (Å²) in [6, 6.07) is -0.101. The molecule has 0 spiro atoms. The molecule has 0 bridgehead atoms. The smallest absolute Gasteiger partial charge is 0.407 e. The summed E-state index contributed by atoms with van der Waals surface area (Å²) in [6.07, 6.45) is 1.32. The van der Waals surface area contributed by atoms with Gasteiger partial charge in [-0.1, -0.05) is 13.8 Å². The molecule has 0 aromatic carbocycles. The van der Waals surface area contributed by atoms with Crippen molar-refractivity contribution in [3.8, 4) is 0 Å². The fourth-order valence-corrected chi connectivity index (χ4v) is 2.80. The lowest BCUT2D eigenvalue weighted by Crippen LogP contribution is -2.40. The number of aromatic nitrogens is 2. The third kappa shape index (κ3) is 10.1. The van der Waals surface area contributed by atoms with E-state index in [1.807, 2.05) is 34.6 Å². The van der Waals surface area contributed by atoms with Gasteiger partial charge < -0.3 is 24.8 Å². The Balaban J connectivity index is 2.99. The van der Waals surface area contributed by atoms with Crippen LogP contribution in [0, 0.1) is 5.92 Å². The van der Waals surface area contributed by atoms with Gasteiger partial charge in [0, 0.05) is 32.0 Å². The molecule has 0 fully saturated rings. The third-order valence-corrected chi connectivity index (χ3v) is 3.85. The van der Waals surface area contributed by atoms with Gasteiger partial charge in [0.1, 0.15) is 11.4 Å². The Labute approximate surface area is 179 Å². The van der Waals surface area contributed by atoms with Gasteiger partial charge in [-0.05, 0) is 58.6 Å². The average Bonchev–Trinajstić information content (AvgIpc) is 2.58. The summed E-state index contributed by atoms with van der Waals surface area (Å²) in [6.45, 7) is 14.8. The number of nitrogens with one attached hydrogen (secondary N) is 2. The predicted octanol–water partition coefficient (Wildman–Crippen LogP) is 4.55. The number of carbonyl (C=O) groups is 1. The molecule has 1 aromatic rings. The van der Waals surface area contributed by atoms with E-state index in [0.29, 0.717) is 37.1 Å². The summed E-state index contributed by atoms with van der Waals surface area (Å²) in [7, 11) is 0. The van der Waals surface area contributed by atoms with Crippen LogP contribution >= 0.6 is 11.6 Å². The van der Waals surface area contributed by atoms with E-state index in [1.54, 1.807) is 6.20 Å². The monoisotopic (exact) mass is 430 g/mol. The second kappa shape index (κ2) is 12.1. The Morgan fingerprint density at radius 3 is 2.34 bits per heavy atom. The van der Waals surface area contributed by atoms with Gasteiger partial charge in [-0.3, -0.25) is 0 Å². The minimum atomic E-state index is -0.608. The van der Waals surface area contributed by atoms with Crippen LogP contribution in [0.1, 0.15) is 66.7 Å². The minimum Gasteiger partial charge on any atom is -0.444 e. The molecule has 0 saturated carbocycles. The van der Waals surface area contributed by atoms with Gasteiger partial charge in [0.2, 0.25) is 5.28 Å². The van der Waals surface area contributed by atoms with E-state index in [9.17, 15) is 4.79 Å². The summed E-state index contributed by atoms with van der Waals surface area (Å²) >= 11 is 6.03. The van der Waals surface area contributed by atoms with Gasteiger partial charge in [0.05, 0.1) is 5.56 Å². The maximum absolute atomic E-state index is 12.1. The molecule has 1 rings (SSSR count). The first-order chi connectivity index (χ1) is 13.6. The second-order valence-electron chi connectivity index (χ2n) is 8.04. The first-order valence-corrected chi connectivity index (χ1v) is 10.4. The Morgan fingerprint density at radius 1 is 1.21 bits per heavy atom. The van der Waals surface area contributed by atoms with Crippen molar-refractivity contribution in [2.24, 2.45) is 5.92 Å². The largest absolute Gasteiger partial charge is 0.444 e. The average molecular weight is 431 g/mol. The van der Waals surface area contributed by atoms with Gasteiger partial charge in [-0.25, -0.2) is 14.8 Å². The van der Waals surface area contributed by atoms with E-state index >= 15 is 0 Å². The molecule has 166 valence electrons. The Bertz CT molecular complexity index is 631. The first-order valence-electron chi connectivity index (χ1n) is 10.0. The zero-order chi connectivity index (χ0) is 22.0. The van der Waals surface area contributed by atoms with Crippen LogP contribution in [0.4, 0.5) is 10.6 Å². The molecule has 0 radical (unpaired) electrons. The fourth-order valence-electron chi connectivity index (χ4n) is 2.66. The quantitative estimate of drug-likeness (QED) is 0.392. The fraction of sp³-hybridized carbons (Fsp3) is 0.750. The lowest BCUT2D eigenvalue weighted by Gasteiger charge is -2.26. The Kier molecular flexibility index (Phi) is 10.6. The number of rotatable bonds is 11. The standard InChI is InChI=1S/C20H35ClN4O4/c1-8-27-17(28-9-2)15-12-22-18(21)25-16(15)24-14(10-13(3)4)11-23-19(26)29-20(5,6)7/h12-14,17H,8-11H2,1-7H3,(H,23,26)(H,22,24,25)/t14-/m0/s1. The van der Waals surface area contributed by atoms with Gasteiger partial charge >= 0.3 is 6.09 Å². The molecule has 0 aliphatic rings. The van der Waals surface area contributed by atoms with Gasteiger partial charge in [0.15, 0.2) is 6.29 Å². The van der Waals surface area contributed by atoms with Crippen LogP contribution < -0.4 is 10.6 Å². The molecule has 1 aromatic heterocycles. The number of hydrogen-bond acceptors (Lipinski definition) is 7. The van der Waals surface area contributed by atoms with Crippen molar-refractivity contribution in [2.75, 3.05) is 25.1 Å². The van der Waals surface area contributed by atoms with Crippen LogP contribution in [0.2, 0.25) is 5.28 Å². The number of nitrogens with zero attached hydrogens (tertiary/aromatic N) is 2. The topological polar surface area (TPSA) is 94.6 Å². The normalized spacial score (nSPS) is 12.9. The molecule has 29 heavy (non-hydrogen) atoms. The summed E-state index contributed by atoms with van der Waals surface area (Å²) in [5.41, 5.74) is 0.102. The molecule has 8 nitrogen and oxygen atoms in total. The maximum atomic E-state index is 12.1. The van der Waals surface area contributed by atoms with E-state index in [2.05, 4.69) is 34.4 Å². The van der Waals surface area contributed by atoms with Crippen LogP contribution in [-0.2, 0) is 14.2 Å². The summed E-state index contributed by atoms with van der Waals surface area (Å²) in [5.74, 6) is 0.914. The lowest BCUT2D eigenvalue weighted by atomic mass is 10.0. The highest BCUT2D eigenvalue weighted by molar-refractivity contribution is 6.28. The van der Waals surface area contributed by atoms with Crippen molar-refractivity contribution < 1.29 is 19.0 Å². The SMILES string of the molecule is CCOC(OCC)c1cnc(Cl)nc1N[C@H](CNC(=O)OC(C)(C)C)CC(C)C. The molecule has 0 unspecified atom stereocenters. The van der Waals surface area contributed by atoms with E-state index in [-0.39, 0.29) is 11.3 Å². The molecular formula is C20H35ClN4O4. The molecular weight excluding hydrogens is 396 g/mol. The maximum Gasteiger partial charge on any atom is 0.407 e. The summed E-state index contributed by atoms with van der Waals surface area (Å²) in [5, 5.41) is 6.30. The van der Waals surface area contributed by atoms with Crippen molar-refractivity contribution in [1.29, 1.82) is 0 Å². The molecule has 1 heterocycles. The predicted molar refractivity (Wildman–Crippen MR) is 114 cm³/mol. The highest BCUT2D eigenvalue weighted by atomic mass is 35.5. The number of amides is 1. The summed E-state index contributed by atoms with van der Waals surface area (Å²) < 4.78 is 16.7. The van der Waals surface area contributed by atoms with Crippen LogP contribution in [0.5, 0.6) is 0 Å². The number of ether oxygens (including phenoxy) is 3. The van der Waals surface area contributed by atoms with Crippen molar-refractivity contribution in [3.63, 3.8) is 0 Å². The zero-order valence-corrected chi connectivity index (χ0v) is 19.3. The van der Waals surface area contributed by atoms with Crippen LogP contribution in [-0.4, -0.2) is 47.5 Å². The highest BCUT2D eigenvalue weighted by Gasteiger charge is 2.22. The number of carbonyl (C=O) groups excluding carboxylic acids is 1. The number of halogens is 1. The van der Waals surface area contributed by atoms with E-state index in [0.717, 1.165) is 6.42 Å². The molecule has 0 aliphatic heterocycles. The Morgan fingerprint density at radius 2 is 1.83 bits per heavy atom. The summed E-state index contributed by atoms with van der Waals surface area (Å²) in [4.78, 5) is 20.5. The molecule has 0 saturated heterocycles. The molecule has 1 amide bonds. The number of anilines is 1. The van der Waals surface area contributed by atoms with Crippen molar-refractivity contribution in [2.45, 2.75) is 72.8 Å². The minimum absolute atomic E-state index is 0.101. The van der Waals surface area contributed by atoms with Crippen molar-refractivity contribution >= 4 is 23.5 Å². The Hall–Kier alpha value is -1.64. The van der Waals surface area contributed by atoms with E-state index in [1.165, 1.54) is 0 Å².